The number of nitrogens with zero attached hydrogens (tertiary/aromatic N) is 2. The number of nitriles is 1. The van der Waals surface area contributed by atoms with Crippen LogP contribution in [0.3, 0.4) is 0 Å². The molecule has 10 heteroatoms. The maximum Gasteiger partial charge on any atom is 0.516 e. The summed E-state index contributed by atoms with van der Waals surface area (Å²) in [6.45, 7) is 1.06. The Balaban J connectivity index is 3.12. The third kappa shape index (κ3) is 4.35. The van der Waals surface area contributed by atoms with Gasteiger partial charge in [0.15, 0.2) is 0 Å². The highest BCUT2D eigenvalue weighted by molar-refractivity contribution is 7.93. The molecule has 0 saturated carbocycles. The zero-order valence-electron chi connectivity index (χ0n) is 10.7. The number of anilines is 1. The van der Waals surface area contributed by atoms with E-state index in [1.807, 2.05) is 0 Å². The predicted molar refractivity (Wildman–Crippen MR) is 68.8 cm³/mol. The van der Waals surface area contributed by atoms with Gasteiger partial charge in [0.1, 0.15) is 6.07 Å². The summed E-state index contributed by atoms with van der Waals surface area (Å²) < 4.78 is 60.7. The molecule has 1 N–H and O–H groups in total. The van der Waals surface area contributed by atoms with Gasteiger partial charge in [-0.1, -0.05) is 23.4 Å². The third-order valence-corrected chi connectivity index (χ3v) is 3.29. The van der Waals surface area contributed by atoms with Crippen molar-refractivity contribution >= 4 is 21.4 Å². The van der Waals surface area contributed by atoms with E-state index in [4.69, 9.17) is 5.26 Å². The first-order valence-electron chi connectivity index (χ1n) is 5.41. The topological polar surface area (TPSA) is 91.5 Å². The fourth-order valence-electron chi connectivity index (χ4n) is 1.30. The van der Waals surface area contributed by atoms with Crippen LogP contribution in [0.1, 0.15) is 12.5 Å². The lowest BCUT2D eigenvalue weighted by atomic mass is 10.1. The van der Waals surface area contributed by atoms with Crippen LogP contribution < -0.4 is 4.72 Å². The molecule has 1 aromatic carbocycles. The van der Waals surface area contributed by atoms with Crippen LogP contribution in [0.2, 0.25) is 0 Å². The van der Waals surface area contributed by atoms with Gasteiger partial charge in [-0.3, -0.25) is 4.72 Å². The molecule has 0 aliphatic heterocycles. The van der Waals surface area contributed by atoms with Crippen LogP contribution in [0.5, 0.6) is 0 Å². The van der Waals surface area contributed by atoms with Crippen LogP contribution in [0.4, 0.5) is 18.9 Å². The number of hydrogen-bond acceptors (Lipinski definition) is 5. The summed E-state index contributed by atoms with van der Waals surface area (Å²) in [4.78, 5) is 4.58. The fraction of sp³-hybridized carbons (Fsp3) is 0.273. The van der Waals surface area contributed by atoms with Gasteiger partial charge in [0.25, 0.3) is 0 Å². The predicted octanol–water partition coefficient (Wildman–Crippen LogP) is 2.21. The highest BCUT2D eigenvalue weighted by Crippen LogP contribution is 2.27. The SMILES string of the molecule is CC(=NOCC#N)c1ccccc1NS(=O)(=O)C(F)(F)F. The lowest BCUT2D eigenvalue weighted by molar-refractivity contribution is -0.0429. The molecule has 1 aromatic rings. The molecular weight excluding hydrogens is 311 g/mol. The Morgan fingerprint density at radius 2 is 2.05 bits per heavy atom. The van der Waals surface area contributed by atoms with Gasteiger partial charge in [0.05, 0.1) is 11.4 Å². The smallest absolute Gasteiger partial charge is 0.380 e. The van der Waals surface area contributed by atoms with E-state index in [1.165, 1.54) is 29.8 Å². The fourth-order valence-corrected chi connectivity index (χ4v) is 1.88. The molecule has 0 radical (unpaired) electrons. The standard InChI is InChI=1S/C11H10F3N3O3S/c1-8(16-20-7-6-15)9-4-2-3-5-10(9)17-21(18,19)11(12,13)14/h2-5,17H,7H2,1H3. The van der Waals surface area contributed by atoms with E-state index in [-0.39, 0.29) is 23.6 Å². The number of para-hydroxylation sites is 1. The zero-order chi connectivity index (χ0) is 16.1. The maximum atomic E-state index is 12.4. The number of hydrogen-bond donors (Lipinski definition) is 1. The number of rotatable bonds is 5. The highest BCUT2D eigenvalue weighted by Gasteiger charge is 2.46. The Morgan fingerprint density at radius 3 is 2.62 bits per heavy atom. The van der Waals surface area contributed by atoms with Gasteiger partial charge < -0.3 is 4.84 Å². The maximum absolute atomic E-state index is 12.4. The monoisotopic (exact) mass is 321 g/mol. The largest absolute Gasteiger partial charge is 0.516 e. The molecule has 21 heavy (non-hydrogen) atoms. The van der Waals surface area contributed by atoms with E-state index in [0.29, 0.717) is 0 Å². The number of oxime groups is 1. The van der Waals surface area contributed by atoms with E-state index >= 15 is 0 Å². The molecule has 0 bridgehead atoms. The Hall–Kier alpha value is -2.28. The number of halogens is 3. The second-order valence-electron chi connectivity index (χ2n) is 3.71. The summed E-state index contributed by atoms with van der Waals surface area (Å²) in [6.07, 6.45) is 0. The van der Waals surface area contributed by atoms with Gasteiger partial charge >= 0.3 is 15.5 Å². The van der Waals surface area contributed by atoms with Gasteiger partial charge in [-0.05, 0) is 13.0 Å². The lowest BCUT2D eigenvalue weighted by Crippen LogP contribution is -2.30. The number of alkyl halides is 3. The minimum atomic E-state index is -5.53. The van der Waals surface area contributed by atoms with Gasteiger partial charge in [-0.25, -0.2) is 0 Å². The van der Waals surface area contributed by atoms with Crippen LogP contribution >= 0.6 is 0 Å². The Morgan fingerprint density at radius 1 is 1.43 bits per heavy atom. The van der Waals surface area contributed by atoms with Crippen LogP contribution in [0.15, 0.2) is 29.4 Å². The van der Waals surface area contributed by atoms with Crippen molar-refractivity contribution in [2.24, 2.45) is 5.16 Å². The van der Waals surface area contributed by atoms with E-state index in [1.54, 1.807) is 6.07 Å². The van der Waals surface area contributed by atoms with Crippen LogP contribution in [-0.4, -0.2) is 26.2 Å². The molecule has 0 heterocycles. The van der Waals surface area contributed by atoms with Gasteiger partial charge in [-0.15, -0.1) is 0 Å². The summed E-state index contributed by atoms with van der Waals surface area (Å²) in [6, 6.07) is 7.03. The number of nitrogens with one attached hydrogen (secondary N) is 1. The number of sulfonamides is 1. The summed E-state index contributed by atoms with van der Waals surface area (Å²) in [5, 5.41) is 11.8. The lowest BCUT2D eigenvalue weighted by Gasteiger charge is -2.13. The first kappa shape index (κ1) is 16.8. The second-order valence-corrected chi connectivity index (χ2v) is 5.38. The Kier molecular flexibility index (Phi) is 5.15. The number of benzene rings is 1. The molecule has 0 atom stereocenters. The molecule has 0 unspecified atom stereocenters. The Bertz CT molecular complexity index is 678. The van der Waals surface area contributed by atoms with Gasteiger partial charge in [0, 0.05) is 5.56 Å². The molecule has 0 aliphatic carbocycles. The molecule has 6 nitrogen and oxygen atoms in total. The van der Waals surface area contributed by atoms with Crippen LogP contribution in [0.25, 0.3) is 0 Å². The Labute approximate surface area is 118 Å². The normalized spacial score (nSPS) is 12.6. The molecule has 1 rings (SSSR count). The van der Waals surface area contributed by atoms with Crippen molar-refractivity contribution in [2.75, 3.05) is 11.3 Å². The minimum absolute atomic E-state index is 0.100. The molecule has 0 fully saturated rings. The molecular formula is C11H10F3N3O3S. The van der Waals surface area contributed by atoms with Crippen LogP contribution in [0, 0.1) is 11.3 Å². The van der Waals surface area contributed by atoms with Crippen LogP contribution in [-0.2, 0) is 14.9 Å². The van der Waals surface area contributed by atoms with E-state index in [9.17, 15) is 21.6 Å². The highest BCUT2D eigenvalue weighted by atomic mass is 32.2. The molecule has 0 aliphatic rings. The van der Waals surface area contributed by atoms with E-state index in [2.05, 4.69) is 9.99 Å². The zero-order valence-corrected chi connectivity index (χ0v) is 11.5. The molecule has 0 aromatic heterocycles. The summed E-state index contributed by atoms with van der Waals surface area (Å²) in [7, 11) is -5.53. The van der Waals surface area contributed by atoms with Crippen molar-refractivity contribution < 1.29 is 26.4 Å². The minimum Gasteiger partial charge on any atom is -0.380 e. The second kappa shape index (κ2) is 6.45. The molecule has 0 saturated heterocycles. The molecule has 0 spiro atoms. The quantitative estimate of drug-likeness (QED) is 0.511. The first-order valence-corrected chi connectivity index (χ1v) is 6.89. The van der Waals surface area contributed by atoms with Crippen molar-refractivity contribution in [2.45, 2.75) is 12.4 Å². The van der Waals surface area contributed by atoms with Crippen molar-refractivity contribution in [1.82, 2.24) is 0 Å². The molecule has 114 valence electrons. The first-order chi connectivity index (χ1) is 9.69. The van der Waals surface area contributed by atoms with Gasteiger partial charge in [-0.2, -0.15) is 26.9 Å². The van der Waals surface area contributed by atoms with Crippen molar-refractivity contribution in [3.05, 3.63) is 29.8 Å². The van der Waals surface area contributed by atoms with Gasteiger partial charge in [0.2, 0.25) is 6.61 Å². The molecule has 0 amide bonds. The van der Waals surface area contributed by atoms with E-state index < -0.39 is 15.5 Å². The summed E-state index contributed by atoms with van der Waals surface area (Å²) >= 11 is 0. The summed E-state index contributed by atoms with van der Waals surface area (Å²) in [5.41, 5.74) is -5.51. The van der Waals surface area contributed by atoms with Crippen molar-refractivity contribution in [3.8, 4) is 6.07 Å². The van der Waals surface area contributed by atoms with Crippen molar-refractivity contribution in [1.29, 1.82) is 5.26 Å². The average Bonchev–Trinajstić information content (AvgIpc) is 2.37. The summed E-state index contributed by atoms with van der Waals surface area (Å²) in [5.74, 6) is 0. The average molecular weight is 321 g/mol. The third-order valence-electron chi connectivity index (χ3n) is 2.20. The van der Waals surface area contributed by atoms with Crippen molar-refractivity contribution in [3.63, 3.8) is 0 Å². The van der Waals surface area contributed by atoms with E-state index in [0.717, 1.165) is 6.07 Å².